The number of nitrogens with one attached hydrogen (secondary N) is 2. The number of hydrogen-bond acceptors (Lipinski definition) is 5. The molecule has 0 bridgehead atoms. The SMILES string of the molecule is O=C1c2ccccc2C(=O)N1C/C(Cl)=C1\CNCCN1.c1ccncc1. The Bertz CT molecular complexity index is 754. The third-order valence-electron chi connectivity index (χ3n) is 4.01. The molecule has 3 heterocycles. The highest BCUT2D eigenvalue weighted by Crippen LogP contribution is 2.24. The number of amides is 2. The van der Waals surface area contributed by atoms with E-state index in [1.54, 1.807) is 36.7 Å². The van der Waals surface area contributed by atoms with Crippen molar-refractivity contribution in [2.75, 3.05) is 26.2 Å². The molecule has 0 unspecified atom stereocenters. The predicted molar refractivity (Wildman–Crippen MR) is 99.8 cm³/mol. The molecule has 4 rings (SSSR count). The maximum absolute atomic E-state index is 12.2. The first-order chi connectivity index (χ1) is 12.7. The van der Waals surface area contributed by atoms with E-state index in [1.807, 2.05) is 18.2 Å². The van der Waals surface area contributed by atoms with Gasteiger partial charge in [0, 0.05) is 37.7 Å². The monoisotopic (exact) mass is 370 g/mol. The molecule has 2 amide bonds. The minimum Gasteiger partial charge on any atom is -0.385 e. The van der Waals surface area contributed by atoms with E-state index in [0.717, 1.165) is 18.8 Å². The van der Waals surface area contributed by atoms with Crippen LogP contribution in [0, 0.1) is 0 Å². The normalized spacial score (nSPS) is 17.8. The molecule has 2 aromatic rings. The number of aromatic nitrogens is 1. The maximum Gasteiger partial charge on any atom is 0.261 e. The Morgan fingerprint density at radius 1 is 1.00 bits per heavy atom. The Morgan fingerprint density at radius 3 is 2.12 bits per heavy atom. The van der Waals surface area contributed by atoms with Crippen molar-refractivity contribution in [3.8, 4) is 0 Å². The lowest BCUT2D eigenvalue weighted by Gasteiger charge is -2.21. The number of piperazine rings is 1. The van der Waals surface area contributed by atoms with Crippen molar-refractivity contribution in [3.05, 3.63) is 76.7 Å². The summed E-state index contributed by atoms with van der Waals surface area (Å²) in [6.45, 7) is 2.40. The average molecular weight is 371 g/mol. The number of carbonyl (C=O) groups is 2. The molecule has 7 heteroatoms. The second-order valence-corrected chi connectivity index (χ2v) is 6.21. The first-order valence-corrected chi connectivity index (χ1v) is 8.68. The van der Waals surface area contributed by atoms with Crippen LogP contribution < -0.4 is 10.6 Å². The molecule has 2 N–H and O–H groups in total. The smallest absolute Gasteiger partial charge is 0.261 e. The predicted octanol–water partition coefficient (Wildman–Crippen LogP) is 2.01. The van der Waals surface area contributed by atoms with Gasteiger partial charge < -0.3 is 10.6 Å². The van der Waals surface area contributed by atoms with E-state index in [2.05, 4.69) is 15.6 Å². The quantitative estimate of drug-likeness (QED) is 0.791. The zero-order valence-corrected chi connectivity index (χ0v) is 14.9. The molecule has 2 aliphatic rings. The third kappa shape index (κ3) is 4.09. The van der Waals surface area contributed by atoms with E-state index < -0.39 is 0 Å². The lowest BCUT2D eigenvalue weighted by Crippen LogP contribution is -2.40. The largest absolute Gasteiger partial charge is 0.385 e. The fourth-order valence-corrected chi connectivity index (χ4v) is 2.95. The van der Waals surface area contributed by atoms with Crippen LogP contribution in [0.15, 0.2) is 65.6 Å². The summed E-state index contributed by atoms with van der Waals surface area (Å²) < 4.78 is 0. The molecule has 26 heavy (non-hydrogen) atoms. The number of nitrogens with zero attached hydrogens (tertiary/aromatic N) is 2. The first-order valence-electron chi connectivity index (χ1n) is 8.31. The molecule has 2 aliphatic heterocycles. The second kappa shape index (κ2) is 8.60. The van der Waals surface area contributed by atoms with E-state index in [0.29, 0.717) is 22.7 Å². The third-order valence-corrected chi connectivity index (χ3v) is 4.36. The Morgan fingerprint density at radius 2 is 1.65 bits per heavy atom. The summed E-state index contributed by atoms with van der Waals surface area (Å²) in [6, 6.07) is 12.5. The molecule has 1 aromatic heterocycles. The van der Waals surface area contributed by atoms with Gasteiger partial charge in [-0.2, -0.15) is 0 Å². The molecule has 6 nitrogen and oxygen atoms in total. The molecule has 1 fully saturated rings. The lowest BCUT2D eigenvalue weighted by atomic mass is 10.1. The summed E-state index contributed by atoms with van der Waals surface area (Å²) >= 11 is 6.24. The minimum atomic E-state index is -0.284. The number of fused-ring (bicyclic) bond motifs is 1. The Labute approximate surface area is 156 Å². The van der Waals surface area contributed by atoms with E-state index in [-0.39, 0.29) is 18.4 Å². The van der Waals surface area contributed by atoms with Gasteiger partial charge in [0.25, 0.3) is 11.8 Å². The van der Waals surface area contributed by atoms with Crippen molar-refractivity contribution in [3.63, 3.8) is 0 Å². The van der Waals surface area contributed by atoms with Gasteiger partial charge in [0.05, 0.1) is 22.7 Å². The second-order valence-electron chi connectivity index (χ2n) is 5.75. The van der Waals surface area contributed by atoms with Crippen LogP contribution in [-0.2, 0) is 0 Å². The average Bonchev–Trinajstić information content (AvgIpc) is 2.95. The topological polar surface area (TPSA) is 74.3 Å². The van der Waals surface area contributed by atoms with Gasteiger partial charge in [-0.1, -0.05) is 29.8 Å². The fourth-order valence-electron chi connectivity index (χ4n) is 2.70. The molecular formula is C19H19ClN4O2. The minimum absolute atomic E-state index is 0.109. The van der Waals surface area contributed by atoms with Crippen LogP contribution in [0.25, 0.3) is 0 Å². The van der Waals surface area contributed by atoms with Gasteiger partial charge in [0.1, 0.15) is 0 Å². The summed E-state index contributed by atoms with van der Waals surface area (Å²) in [7, 11) is 0. The Balaban J connectivity index is 0.000000278. The Kier molecular flexibility index (Phi) is 5.99. The molecule has 0 aliphatic carbocycles. The highest BCUT2D eigenvalue weighted by Gasteiger charge is 2.35. The van der Waals surface area contributed by atoms with Crippen molar-refractivity contribution >= 4 is 23.4 Å². The molecule has 1 aromatic carbocycles. The Hall–Kier alpha value is -2.70. The van der Waals surface area contributed by atoms with E-state index >= 15 is 0 Å². The molecule has 1 saturated heterocycles. The van der Waals surface area contributed by atoms with Crippen LogP contribution in [0.3, 0.4) is 0 Å². The van der Waals surface area contributed by atoms with Gasteiger partial charge in [0.15, 0.2) is 0 Å². The molecule has 134 valence electrons. The van der Waals surface area contributed by atoms with Gasteiger partial charge in [-0.15, -0.1) is 0 Å². The van der Waals surface area contributed by atoms with Crippen LogP contribution >= 0.6 is 11.6 Å². The van der Waals surface area contributed by atoms with Crippen molar-refractivity contribution in [2.45, 2.75) is 0 Å². The summed E-state index contributed by atoms with van der Waals surface area (Å²) in [5.41, 5.74) is 1.73. The van der Waals surface area contributed by atoms with Crippen LogP contribution in [0.2, 0.25) is 0 Å². The zero-order valence-electron chi connectivity index (χ0n) is 14.1. The highest BCUT2D eigenvalue weighted by atomic mass is 35.5. The van der Waals surface area contributed by atoms with Gasteiger partial charge in [0.2, 0.25) is 0 Å². The summed E-state index contributed by atoms with van der Waals surface area (Å²) in [6.07, 6.45) is 3.50. The van der Waals surface area contributed by atoms with Crippen molar-refractivity contribution in [1.29, 1.82) is 0 Å². The first kappa shape index (κ1) is 18.1. The molecule has 0 spiro atoms. The number of rotatable bonds is 2. The van der Waals surface area contributed by atoms with Gasteiger partial charge in [-0.3, -0.25) is 19.5 Å². The fraction of sp³-hybridized carbons (Fsp3) is 0.211. The summed E-state index contributed by atoms with van der Waals surface area (Å²) in [5.74, 6) is -0.568. The number of halogens is 1. The highest BCUT2D eigenvalue weighted by molar-refractivity contribution is 6.31. The number of imide groups is 1. The van der Waals surface area contributed by atoms with Crippen LogP contribution in [-0.4, -0.2) is 47.9 Å². The van der Waals surface area contributed by atoms with Crippen LogP contribution in [0.5, 0.6) is 0 Å². The standard InChI is InChI=1S/C14H14ClN3O2.C5H5N/c15-11(12-7-16-5-6-17-12)8-18-13(19)9-3-1-2-4-10(9)14(18)20;1-2-4-6-5-3-1/h1-4,16-17H,5-8H2;1-5H/b12-11-;. The van der Waals surface area contributed by atoms with Gasteiger partial charge >= 0.3 is 0 Å². The summed E-state index contributed by atoms with van der Waals surface area (Å²) in [5, 5.41) is 6.86. The number of carbonyl (C=O) groups excluding carboxylic acids is 2. The molecule has 0 radical (unpaired) electrons. The van der Waals surface area contributed by atoms with Crippen molar-refractivity contribution < 1.29 is 9.59 Å². The van der Waals surface area contributed by atoms with Crippen molar-refractivity contribution in [1.82, 2.24) is 20.5 Å². The van der Waals surface area contributed by atoms with Gasteiger partial charge in [-0.25, -0.2) is 0 Å². The number of hydrogen-bond donors (Lipinski definition) is 2. The van der Waals surface area contributed by atoms with E-state index in [1.165, 1.54) is 4.90 Å². The lowest BCUT2D eigenvalue weighted by molar-refractivity contribution is 0.0670. The van der Waals surface area contributed by atoms with Crippen molar-refractivity contribution in [2.24, 2.45) is 0 Å². The zero-order chi connectivity index (χ0) is 18.4. The summed E-state index contributed by atoms with van der Waals surface area (Å²) in [4.78, 5) is 29.4. The molecular weight excluding hydrogens is 352 g/mol. The number of benzene rings is 1. The maximum atomic E-state index is 12.2. The number of pyridine rings is 1. The van der Waals surface area contributed by atoms with Crippen LogP contribution in [0.4, 0.5) is 0 Å². The van der Waals surface area contributed by atoms with Crippen LogP contribution in [0.1, 0.15) is 20.7 Å². The molecule has 0 atom stereocenters. The van der Waals surface area contributed by atoms with E-state index in [9.17, 15) is 9.59 Å². The van der Waals surface area contributed by atoms with Gasteiger partial charge in [-0.05, 0) is 24.3 Å². The molecule has 0 saturated carbocycles. The van der Waals surface area contributed by atoms with E-state index in [4.69, 9.17) is 11.6 Å².